The molecule has 4 N–H and O–H groups in total. The van der Waals surface area contributed by atoms with Gasteiger partial charge in [-0.15, -0.1) is 0 Å². The molecule has 0 aromatic carbocycles. The van der Waals surface area contributed by atoms with Crippen LogP contribution in [0.3, 0.4) is 0 Å². The molecule has 0 unspecified atom stereocenters. The van der Waals surface area contributed by atoms with Crippen LogP contribution in [0.4, 0.5) is 0 Å². The fraction of sp³-hybridized carbons (Fsp3) is 0.750. The van der Waals surface area contributed by atoms with Gasteiger partial charge in [-0.3, -0.25) is 10.5 Å². The zero-order chi connectivity index (χ0) is 5.41. The van der Waals surface area contributed by atoms with Gasteiger partial charge in [-0.2, -0.15) is 0 Å². The molecule has 3 nitrogen and oxygen atoms in total. The van der Waals surface area contributed by atoms with Gasteiger partial charge in [0.25, 0.3) is 0 Å². The van der Waals surface area contributed by atoms with E-state index in [1.165, 1.54) is 6.42 Å². The van der Waals surface area contributed by atoms with Crippen LogP contribution in [-0.2, 0) is 0 Å². The molecule has 0 saturated heterocycles. The maximum atomic E-state index is 6.00. The Kier molecular flexibility index (Phi) is 139. The Morgan fingerprint density at radius 1 is 1.38 bits per heavy atom. The third-order valence-corrected chi connectivity index (χ3v) is 0.354. The Hall–Kier alpha value is 0.679. The van der Waals surface area contributed by atoms with Crippen LogP contribution < -0.4 is 0 Å². The quantitative estimate of drug-likeness (QED) is 0.375. The van der Waals surface area contributed by atoms with Gasteiger partial charge in [-0.25, -0.2) is 0 Å². The van der Waals surface area contributed by atoms with Gasteiger partial charge in [0.05, 0.1) is 0 Å². The van der Waals surface area contributed by atoms with Crippen LogP contribution in [0.1, 0.15) is 19.8 Å². The summed E-state index contributed by atoms with van der Waals surface area (Å²) < 4.78 is 0. The second kappa shape index (κ2) is 47.7. The monoisotopic (exact) mass is 231 g/mol. The van der Waals surface area contributed by atoms with Crippen molar-refractivity contribution < 1.29 is 16.0 Å². The summed E-state index contributed by atoms with van der Waals surface area (Å²) in [5, 5.41) is 12.0. The molecule has 8 heavy (non-hydrogen) atoms. The van der Waals surface area contributed by atoms with E-state index in [1.807, 2.05) is 0 Å². The third-order valence-electron chi connectivity index (χ3n) is 0.354. The number of hydrogen-bond acceptors (Lipinski definition) is 2. The van der Waals surface area contributed by atoms with Crippen LogP contribution in [0.15, 0.2) is 0 Å². The molecule has 0 aliphatic heterocycles. The fourth-order valence-electron chi connectivity index (χ4n) is 0. The first-order valence-electron chi connectivity index (χ1n) is 1.91. The molecule has 0 fully saturated rings. The Bertz CT molecular complexity index is 13.2. The van der Waals surface area contributed by atoms with Crippen molar-refractivity contribution in [3.8, 4) is 0 Å². The Morgan fingerprint density at radius 3 is 1.50 bits per heavy atom. The molecule has 0 aromatic rings. The fourth-order valence-corrected chi connectivity index (χ4v) is 0. The molecule has 0 rings (SSSR count). The first kappa shape index (κ1) is 23.4. The second-order valence-electron chi connectivity index (χ2n) is 0.854. The van der Waals surface area contributed by atoms with Gasteiger partial charge in [0.2, 0.25) is 0 Å². The van der Waals surface area contributed by atoms with Gasteiger partial charge in [0.15, 0.2) is 0 Å². The van der Waals surface area contributed by atoms with E-state index in [0.717, 1.165) is 6.42 Å². The van der Waals surface area contributed by atoms with Crippen molar-refractivity contribution in [2.75, 3.05) is 0 Å². The van der Waals surface area contributed by atoms with Crippen molar-refractivity contribution in [2.24, 2.45) is 0 Å². The Balaban J connectivity index is -0.0000000183. The summed E-state index contributed by atoms with van der Waals surface area (Å²) in [6, 6.07) is 0. The van der Waals surface area contributed by atoms with Crippen LogP contribution in [-0.4, -0.2) is 39.9 Å². The Morgan fingerprint density at radius 2 is 1.50 bits per heavy atom. The van der Waals surface area contributed by atoms with E-state index in [4.69, 9.17) is 10.5 Å². The molecule has 0 amide bonds. The van der Waals surface area contributed by atoms with Crippen molar-refractivity contribution in [1.82, 2.24) is 0 Å². The van der Waals surface area contributed by atoms with Gasteiger partial charge in [0.1, 0.15) is 0 Å². The van der Waals surface area contributed by atoms with E-state index in [1.54, 1.807) is 0 Å². The zero-order valence-corrected chi connectivity index (χ0v) is 9.26. The van der Waals surface area contributed by atoms with Crippen molar-refractivity contribution in [1.29, 1.82) is 0 Å². The predicted octanol–water partition coefficient (Wildman–Crippen LogP) is -0.103. The van der Waals surface area contributed by atoms with Crippen LogP contribution in [0.2, 0.25) is 0 Å². The van der Waals surface area contributed by atoms with Gasteiger partial charge < -0.3 is 5.48 Å². The Labute approximate surface area is 66.9 Å². The van der Waals surface area contributed by atoms with E-state index in [-0.39, 0.29) is 29.4 Å². The molecular formula is C4H15O3Sn. The van der Waals surface area contributed by atoms with Gasteiger partial charge >= 0.3 is 23.9 Å². The average Bonchev–Trinajstić information content (AvgIpc) is 1.72. The SMILES string of the molecule is O.OO.[CH2]CCC.[SnH2]. The normalized spacial score (nSPS) is 4.50. The molecule has 0 atom stereocenters. The number of rotatable bonds is 1. The average molecular weight is 230 g/mol. The standard InChI is InChI=1S/C4H9.H2O2.H2O.Sn.2H/c1-3-4-2;1-2;;;;/h1,3-4H2,2H3;1-2H;1H2;;;. The molecule has 0 saturated carbocycles. The van der Waals surface area contributed by atoms with E-state index in [2.05, 4.69) is 13.8 Å². The van der Waals surface area contributed by atoms with E-state index in [9.17, 15) is 0 Å². The minimum absolute atomic E-state index is 0. The van der Waals surface area contributed by atoms with E-state index < -0.39 is 0 Å². The van der Waals surface area contributed by atoms with Gasteiger partial charge in [-0.1, -0.05) is 26.7 Å². The molecule has 0 aromatic heterocycles. The van der Waals surface area contributed by atoms with Crippen molar-refractivity contribution in [2.45, 2.75) is 19.8 Å². The van der Waals surface area contributed by atoms with Crippen LogP contribution in [0.25, 0.3) is 0 Å². The summed E-state index contributed by atoms with van der Waals surface area (Å²) in [5.74, 6) is 0. The molecule has 0 aliphatic carbocycles. The first-order valence-corrected chi connectivity index (χ1v) is 1.91. The molecule has 3 radical (unpaired) electrons. The number of hydrogen-bond donors (Lipinski definition) is 2. The number of unbranched alkanes of at least 4 members (excludes halogenated alkanes) is 1. The zero-order valence-electron chi connectivity index (χ0n) is 5.22. The molecule has 0 heterocycles. The summed E-state index contributed by atoms with van der Waals surface area (Å²) in [6.45, 7) is 5.72. The summed E-state index contributed by atoms with van der Waals surface area (Å²) >= 11 is 0. The summed E-state index contributed by atoms with van der Waals surface area (Å²) in [5.41, 5.74) is 0. The molecule has 4 heteroatoms. The van der Waals surface area contributed by atoms with Crippen molar-refractivity contribution in [3.63, 3.8) is 0 Å². The van der Waals surface area contributed by atoms with Crippen molar-refractivity contribution >= 4 is 23.9 Å². The van der Waals surface area contributed by atoms with E-state index in [0.29, 0.717) is 0 Å². The molecule has 0 bridgehead atoms. The van der Waals surface area contributed by atoms with Gasteiger partial charge in [0, 0.05) is 0 Å². The predicted molar refractivity (Wildman–Crippen MR) is 37.7 cm³/mol. The van der Waals surface area contributed by atoms with Crippen LogP contribution in [0, 0.1) is 6.92 Å². The molecule has 53 valence electrons. The van der Waals surface area contributed by atoms with Crippen LogP contribution >= 0.6 is 0 Å². The van der Waals surface area contributed by atoms with Gasteiger partial charge in [-0.05, 0) is 0 Å². The molecule has 0 aliphatic rings. The molecule has 0 spiro atoms. The minimum atomic E-state index is 0. The van der Waals surface area contributed by atoms with Crippen molar-refractivity contribution in [3.05, 3.63) is 6.92 Å². The van der Waals surface area contributed by atoms with E-state index >= 15 is 0 Å². The topological polar surface area (TPSA) is 72.0 Å². The second-order valence-corrected chi connectivity index (χ2v) is 0.854. The third kappa shape index (κ3) is 76.4. The van der Waals surface area contributed by atoms with Crippen LogP contribution in [0.5, 0.6) is 0 Å². The maximum absolute atomic E-state index is 6.00. The summed E-state index contributed by atoms with van der Waals surface area (Å²) in [6.07, 6.45) is 2.28. The first-order chi connectivity index (χ1) is 2.91. The summed E-state index contributed by atoms with van der Waals surface area (Å²) in [4.78, 5) is 0. The summed E-state index contributed by atoms with van der Waals surface area (Å²) in [7, 11) is 0. The molecular weight excluding hydrogens is 215 g/mol.